The van der Waals surface area contributed by atoms with Crippen molar-refractivity contribution in [3.8, 4) is 11.5 Å². The van der Waals surface area contributed by atoms with Gasteiger partial charge >= 0.3 is 11.9 Å². The van der Waals surface area contributed by atoms with Gasteiger partial charge in [-0.25, -0.2) is 0 Å². The van der Waals surface area contributed by atoms with Gasteiger partial charge in [0.05, 0.1) is 18.7 Å². The van der Waals surface area contributed by atoms with Crippen molar-refractivity contribution >= 4 is 106 Å². The van der Waals surface area contributed by atoms with Crippen LogP contribution in [0, 0.1) is 11.8 Å². The third-order valence-electron chi connectivity index (χ3n) is 13.1. The van der Waals surface area contributed by atoms with Gasteiger partial charge in [0.15, 0.2) is 0 Å². The normalized spacial score (nSPS) is 23.4. The zero-order valence-electron chi connectivity index (χ0n) is 48.6. The molecular weight excluding hydrogens is 1180 g/mol. The van der Waals surface area contributed by atoms with Crippen molar-refractivity contribution in [1.82, 2.24) is 53.2 Å². The number of thioether (sulfide) groups is 2. The van der Waals surface area contributed by atoms with Gasteiger partial charge in [-0.3, -0.25) is 67.1 Å². The van der Waals surface area contributed by atoms with Gasteiger partial charge in [-0.1, -0.05) is 52.0 Å². The lowest BCUT2D eigenvalue weighted by Crippen LogP contribution is -2.60. The van der Waals surface area contributed by atoms with E-state index < -0.39 is 188 Å². The molecule has 1 aliphatic rings. The van der Waals surface area contributed by atoms with E-state index in [2.05, 4.69) is 53.2 Å². The smallest absolute Gasteiger partial charge is 0.303 e. The molecular formula is C55H78N12O18S2. The molecule has 0 saturated carbocycles. The summed E-state index contributed by atoms with van der Waals surface area (Å²) in [4.78, 5) is 189. The largest absolute Gasteiger partial charge is 0.508 e. The van der Waals surface area contributed by atoms with Gasteiger partial charge in [0.1, 0.15) is 65.9 Å². The number of carbonyl (C=O) groups is 14. The van der Waals surface area contributed by atoms with Crippen LogP contribution in [-0.4, -0.2) is 188 Å². The van der Waals surface area contributed by atoms with E-state index in [1.165, 1.54) is 74.1 Å². The van der Waals surface area contributed by atoms with E-state index in [1.54, 1.807) is 20.1 Å². The van der Waals surface area contributed by atoms with E-state index in [0.717, 1.165) is 11.8 Å². The van der Waals surface area contributed by atoms with Crippen molar-refractivity contribution < 1.29 is 87.5 Å². The molecule has 3 rings (SSSR count). The second kappa shape index (κ2) is 36.3. The molecule has 87 heavy (non-hydrogen) atoms. The number of aromatic hydroxyl groups is 2. The molecule has 0 spiro atoms. The molecule has 0 radical (unpaired) electrons. The van der Waals surface area contributed by atoms with Crippen LogP contribution in [0.3, 0.4) is 0 Å². The van der Waals surface area contributed by atoms with Gasteiger partial charge in [0.2, 0.25) is 70.9 Å². The number of rotatable bonds is 19. The summed E-state index contributed by atoms with van der Waals surface area (Å²) < 4.78 is 0. The molecule has 1 fully saturated rings. The maximum absolute atomic E-state index is 14.4. The molecule has 1 aliphatic heterocycles. The average molecular weight is 1260 g/mol. The van der Waals surface area contributed by atoms with Crippen molar-refractivity contribution in [2.75, 3.05) is 30.1 Å². The number of amides is 12. The van der Waals surface area contributed by atoms with Crippen LogP contribution in [0.2, 0.25) is 0 Å². The lowest BCUT2D eigenvalue weighted by molar-refractivity contribution is -0.139. The Morgan fingerprint density at radius 2 is 0.954 bits per heavy atom. The van der Waals surface area contributed by atoms with Crippen LogP contribution in [0.5, 0.6) is 11.5 Å². The number of phenolic OH excluding ortho intramolecular Hbond substituents is 2. The Morgan fingerprint density at radius 1 is 0.540 bits per heavy atom. The lowest BCUT2D eigenvalue weighted by Gasteiger charge is -2.27. The highest BCUT2D eigenvalue weighted by Gasteiger charge is 2.36. The van der Waals surface area contributed by atoms with Crippen molar-refractivity contribution in [1.29, 1.82) is 0 Å². The maximum atomic E-state index is 14.4. The summed E-state index contributed by atoms with van der Waals surface area (Å²) in [5.74, 6) is -17.2. The van der Waals surface area contributed by atoms with Gasteiger partial charge in [-0.2, -0.15) is 11.8 Å². The number of carboxylic acids is 2. The maximum Gasteiger partial charge on any atom is 0.303 e. The minimum atomic E-state index is -1.86. The molecule has 1 saturated heterocycles. The molecule has 30 nitrogen and oxygen atoms in total. The molecule has 0 unspecified atom stereocenters. The van der Waals surface area contributed by atoms with Crippen LogP contribution >= 0.6 is 23.5 Å². The Morgan fingerprint density at radius 3 is 1.40 bits per heavy atom. The van der Waals surface area contributed by atoms with Crippen LogP contribution in [0.25, 0.3) is 0 Å². The molecule has 1 heterocycles. The predicted octanol–water partition coefficient (Wildman–Crippen LogP) is -3.35. The van der Waals surface area contributed by atoms with Crippen LogP contribution in [0.1, 0.15) is 83.8 Å². The summed E-state index contributed by atoms with van der Waals surface area (Å²) in [6.07, 6.45) is -2.51. The van der Waals surface area contributed by atoms with Gasteiger partial charge in [0, 0.05) is 31.4 Å². The van der Waals surface area contributed by atoms with E-state index >= 15 is 0 Å². The van der Waals surface area contributed by atoms with Crippen molar-refractivity contribution in [3.63, 3.8) is 0 Å². The number of carboxylic acid groups (broad SMARTS) is 2. The Hall–Kier alpha value is -8.68. The first-order valence-electron chi connectivity index (χ1n) is 27.6. The SMILES string of the molecule is CSCC[C@@H]1NC(=O)CNC(=O)[C@H](C(C)C)NC(=O)[C@H](CC(N)=O)NC(=O)[C@H](CCC(=O)O)NC(=O)[C@H](Cc2ccc(O)cc2)NC(=O)CSC[C@@H](C(N)=O)NC(=O)[C@H](CC(C)C)NC(=O)[C@H](CCC(=O)O)NC(=O)[C@H](Cc2ccc(O)cc2)NC1=O. The summed E-state index contributed by atoms with van der Waals surface area (Å²) >= 11 is 2.04. The molecule has 32 heteroatoms. The quantitative estimate of drug-likeness (QED) is 0.0654. The summed E-state index contributed by atoms with van der Waals surface area (Å²) in [5, 5.41) is 63.7. The van der Waals surface area contributed by atoms with Gasteiger partial charge in [-0.05, 0) is 84.9 Å². The number of primary amides is 2. The molecule has 0 bridgehead atoms. The van der Waals surface area contributed by atoms with Crippen molar-refractivity contribution in [2.45, 2.75) is 140 Å². The molecule has 18 N–H and O–H groups in total. The van der Waals surface area contributed by atoms with Gasteiger partial charge in [-0.15, -0.1) is 11.8 Å². The molecule has 0 aliphatic carbocycles. The number of hydrogen-bond donors (Lipinski definition) is 16. The molecule has 0 aromatic heterocycles. The number of carbonyl (C=O) groups excluding carboxylic acids is 12. The Bertz CT molecular complexity index is 2790. The summed E-state index contributed by atoms with van der Waals surface area (Å²) in [6, 6.07) is -3.47. The van der Waals surface area contributed by atoms with Crippen molar-refractivity contribution in [2.24, 2.45) is 23.3 Å². The highest BCUT2D eigenvalue weighted by atomic mass is 32.2. The molecule has 2 aromatic carbocycles. The average Bonchev–Trinajstić information content (AvgIpc) is 3.18. The highest BCUT2D eigenvalue weighted by Crippen LogP contribution is 2.16. The first kappa shape index (κ1) is 72.6. The van der Waals surface area contributed by atoms with E-state index in [9.17, 15) is 87.5 Å². The van der Waals surface area contributed by atoms with E-state index in [0.29, 0.717) is 11.1 Å². The van der Waals surface area contributed by atoms with Crippen LogP contribution < -0.4 is 64.6 Å². The molecule has 2 aromatic rings. The van der Waals surface area contributed by atoms with E-state index in [1.807, 2.05) is 0 Å². The third kappa shape index (κ3) is 26.6. The summed E-state index contributed by atoms with van der Waals surface area (Å²) in [5.41, 5.74) is 11.9. The first-order chi connectivity index (χ1) is 41.0. The second-order valence-corrected chi connectivity index (χ2v) is 23.2. The zero-order valence-corrected chi connectivity index (χ0v) is 50.3. The Kier molecular flexibility index (Phi) is 30.3. The second-order valence-electron chi connectivity index (χ2n) is 21.2. The third-order valence-corrected chi connectivity index (χ3v) is 14.8. The summed E-state index contributed by atoms with van der Waals surface area (Å²) in [6.45, 7) is 5.58. The fourth-order valence-corrected chi connectivity index (χ4v) is 9.83. The predicted molar refractivity (Wildman–Crippen MR) is 315 cm³/mol. The van der Waals surface area contributed by atoms with Crippen LogP contribution in [-0.2, 0) is 80.0 Å². The topological polar surface area (TPSA) is 492 Å². The Balaban J connectivity index is 2.18. The minimum Gasteiger partial charge on any atom is -0.508 e. The molecule has 12 amide bonds. The standard InChI is InChI=1S/C55H78N12O18S2/c1-27(2)20-36-51(81)66-40(47(57)77)25-87-26-43(72)60-37(21-29-6-10-31(68)11-7-29)52(82)61-34(15-17-45(75)76)49(79)65-39(23-41(56)70)54(84)67-46(28(3)4)55(85)58-24-42(71)59-35(18-19-86-5)50(80)64-38(22-30-8-12-32(69)13-9-30)53(83)62-33(48(78)63-36)14-16-44(73)74/h6-13,27-28,33-40,46,68-69H,14-26H2,1-5H3,(H2,56,70)(H2,57,77)(H,58,85)(H,59,71)(H,60,72)(H,61,82)(H,62,83)(H,63,78)(H,64,80)(H,65,79)(H,66,81)(H,67,84)(H,73,74)(H,75,76)/t33-,34-,35-,36-,37-,38-,39-,40-,46-/m0/s1. The number of benzene rings is 2. The van der Waals surface area contributed by atoms with Gasteiger partial charge in [0.25, 0.3) is 0 Å². The van der Waals surface area contributed by atoms with Crippen LogP contribution in [0.15, 0.2) is 48.5 Å². The lowest BCUT2D eigenvalue weighted by atomic mass is 10.0. The number of nitrogens with one attached hydrogen (secondary N) is 10. The first-order valence-corrected chi connectivity index (χ1v) is 30.1. The van der Waals surface area contributed by atoms with E-state index in [4.69, 9.17) is 11.5 Å². The summed E-state index contributed by atoms with van der Waals surface area (Å²) in [7, 11) is 0. The fourth-order valence-electron chi connectivity index (χ4n) is 8.49. The molecule has 9 atom stereocenters. The monoisotopic (exact) mass is 1260 g/mol. The zero-order chi connectivity index (χ0) is 65.1. The van der Waals surface area contributed by atoms with Crippen molar-refractivity contribution in [3.05, 3.63) is 59.7 Å². The van der Waals surface area contributed by atoms with Crippen LogP contribution in [0.4, 0.5) is 0 Å². The number of phenols is 2. The van der Waals surface area contributed by atoms with Gasteiger partial charge < -0.3 is 85.1 Å². The fraction of sp³-hybridized carbons (Fsp3) is 0.527. The number of aliphatic carboxylic acids is 2. The minimum absolute atomic E-state index is 0.0492. The number of hydrogen-bond acceptors (Lipinski definition) is 18. The van der Waals surface area contributed by atoms with E-state index in [-0.39, 0.29) is 54.6 Å². The highest BCUT2D eigenvalue weighted by molar-refractivity contribution is 8.00. The Labute approximate surface area is 509 Å². The molecule has 478 valence electrons. The number of nitrogens with two attached hydrogens (primary N) is 2.